The number of nitrogens with one attached hydrogen (secondary N) is 3. The molecule has 0 saturated carbocycles. The lowest BCUT2D eigenvalue weighted by molar-refractivity contribution is 0.0705. The minimum atomic E-state index is -0.626. The van der Waals surface area contributed by atoms with E-state index in [2.05, 4.69) is 25.2 Å². The van der Waals surface area contributed by atoms with Gasteiger partial charge in [-0.25, -0.2) is 19.8 Å². The van der Waals surface area contributed by atoms with E-state index in [4.69, 9.17) is 5.21 Å². The van der Waals surface area contributed by atoms with Crippen LogP contribution in [0.15, 0.2) is 36.8 Å². The Hall–Kier alpha value is -3.04. The average molecular weight is 398 g/mol. The summed E-state index contributed by atoms with van der Waals surface area (Å²) < 4.78 is 13.5. The number of hydroxylamine groups is 1. The fourth-order valence-corrected chi connectivity index (χ4v) is 3.71. The van der Waals surface area contributed by atoms with Crippen LogP contribution in [0, 0.1) is 11.7 Å². The maximum absolute atomic E-state index is 13.5. The summed E-state index contributed by atoms with van der Waals surface area (Å²) in [4.78, 5) is 25.1. The molecule has 4 rings (SSSR count). The van der Waals surface area contributed by atoms with Gasteiger partial charge in [0.2, 0.25) is 5.95 Å². The number of hydrogen-bond acceptors (Lipinski definition) is 6. The normalized spacial score (nSPS) is 15.0. The van der Waals surface area contributed by atoms with Crippen molar-refractivity contribution in [1.29, 1.82) is 0 Å². The highest BCUT2D eigenvalue weighted by molar-refractivity contribution is 5.92. The number of hydrogen-bond donors (Lipinski definition) is 4. The number of fused-ring (bicyclic) bond motifs is 1. The van der Waals surface area contributed by atoms with E-state index in [0.717, 1.165) is 48.9 Å². The van der Waals surface area contributed by atoms with E-state index < -0.39 is 5.91 Å². The van der Waals surface area contributed by atoms with Crippen molar-refractivity contribution in [2.24, 2.45) is 5.92 Å². The number of aromatic nitrogens is 3. The molecular weight excluding hydrogens is 375 g/mol. The molecule has 1 aliphatic heterocycles. The second-order valence-electron chi connectivity index (χ2n) is 7.28. The summed E-state index contributed by atoms with van der Waals surface area (Å²) in [5.74, 6) is 0.289. The summed E-state index contributed by atoms with van der Waals surface area (Å²) in [6.45, 7) is 3.28. The van der Waals surface area contributed by atoms with Crippen LogP contribution in [0.2, 0.25) is 0 Å². The third-order valence-electron chi connectivity index (χ3n) is 5.38. The number of benzene rings is 1. The van der Waals surface area contributed by atoms with Crippen LogP contribution in [0.3, 0.4) is 0 Å². The highest BCUT2D eigenvalue weighted by Gasteiger charge is 2.21. The Morgan fingerprint density at radius 1 is 1.28 bits per heavy atom. The van der Waals surface area contributed by atoms with Crippen molar-refractivity contribution in [2.75, 3.05) is 24.5 Å². The summed E-state index contributed by atoms with van der Waals surface area (Å²) in [6.07, 6.45) is 6.77. The largest absolute Gasteiger partial charge is 0.361 e. The number of carbonyl (C=O) groups excluding carboxylic acids is 1. The first kappa shape index (κ1) is 19.3. The number of aromatic amines is 1. The third kappa shape index (κ3) is 4.36. The van der Waals surface area contributed by atoms with E-state index >= 15 is 0 Å². The zero-order valence-electron chi connectivity index (χ0n) is 15.9. The molecule has 1 aromatic carbocycles. The number of nitrogens with zero attached hydrogens (tertiary/aromatic N) is 3. The van der Waals surface area contributed by atoms with E-state index in [1.54, 1.807) is 17.6 Å². The SMILES string of the molecule is O=C(NO)c1cnc(N2CCC(CNCc3c[nH]c4ccc(F)cc34)CC2)nc1. The van der Waals surface area contributed by atoms with Crippen LogP contribution in [0.4, 0.5) is 10.3 Å². The average Bonchev–Trinajstić information content (AvgIpc) is 3.16. The number of H-pyrrole nitrogens is 1. The molecule has 0 atom stereocenters. The molecule has 1 aliphatic rings. The molecule has 2 aromatic heterocycles. The standard InChI is InChI=1S/C20H23FN6O2/c21-16-1-2-18-17(7-16)14(10-23-18)9-22-8-13-3-5-27(6-4-13)20-24-11-15(12-25-20)19(28)26-29/h1-2,7,10-13,22-23,29H,3-6,8-9H2,(H,26,28). The first-order chi connectivity index (χ1) is 14.1. The number of anilines is 1. The lowest BCUT2D eigenvalue weighted by Gasteiger charge is -2.32. The minimum Gasteiger partial charge on any atom is -0.361 e. The van der Waals surface area contributed by atoms with E-state index in [-0.39, 0.29) is 11.4 Å². The van der Waals surface area contributed by atoms with E-state index in [9.17, 15) is 9.18 Å². The van der Waals surface area contributed by atoms with E-state index in [1.807, 2.05) is 6.20 Å². The predicted octanol–water partition coefficient (Wildman–Crippen LogP) is 2.22. The van der Waals surface area contributed by atoms with Gasteiger partial charge in [-0.2, -0.15) is 0 Å². The fourth-order valence-electron chi connectivity index (χ4n) is 3.71. The Labute approximate surface area is 167 Å². The molecule has 0 spiro atoms. The van der Waals surface area contributed by atoms with E-state index in [1.165, 1.54) is 18.5 Å². The Morgan fingerprint density at radius 2 is 2.03 bits per heavy atom. The molecule has 4 N–H and O–H groups in total. The number of amides is 1. The van der Waals surface area contributed by atoms with Gasteiger partial charge in [0.25, 0.3) is 5.91 Å². The molecule has 0 aliphatic carbocycles. The van der Waals surface area contributed by atoms with Gasteiger partial charge in [0.1, 0.15) is 5.82 Å². The Kier molecular flexibility index (Phi) is 5.68. The molecular formula is C20H23FN6O2. The molecule has 0 bridgehead atoms. The lowest BCUT2D eigenvalue weighted by Crippen LogP contribution is -2.38. The molecule has 0 unspecified atom stereocenters. The second-order valence-corrected chi connectivity index (χ2v) is 7.28. The fraction of sp³-hybridized carbons (Fsp3) is 0.350. The molecule has 3 heterocycles. The summed E-state index contributed by atoms with van der Waals surface area (Å²) >= 11 is 0. The summed E-state index contributed by atoms with van der Waals surface area (Å²) in [6, 6.07) is 4.79. The van der Waals surface area contributed by atoms with Crippen LogP contribution < -0.4 is 15.7 Å². The quantitative estimate of drug-likeness (QED) is 0.375. The van der Waals surface area contributed by atoms with Gasteiger partial charge in [-0.15, -0.1) is 0 Å². The second kappa shape index (κ2) is 8.54. The van der Waals surface area contributed by atoms with Crippen LogP contribution in [-0.2, 0) is 6.54 Å². The number of piperidine rings is 1. The maximum atomic E-state index is 13.5. The van der Waals surface area contributed by atoms with Gasteiger partial charge in [0.05, 0.1) is 5.56 Å². The zero-order valence-corrected chi connectivity index (χ0v) is 15.9. The Balaban J connectivity index is 1.25. The Morgan fingerprint density at radius 3 is 2.76 bits per heavy atom. The van der Waals surface area contributed by atoms with Crippen molar-refractivity contribution >= 4 is 22.8 Å². The first-order valence-corrected chi connectivity index (χ1v) is 9.61. The molecule has 1 amide bonds. The summed E-state index contributed by atoms with van der Waals surface area (Å²) in [7, 11) is 0. The van der Waals surface area contributed by atoms with Crippen LogP contribution in [-0.4, -0.2) is 45.7 Å². The van der Waals surface area contributed by atoms with Crippen molar-refractivity contribution in [1.82, 2.24) is 25.7 Å². The zero-order chi connectivity index (χ0) is 20.2. The van der Waals surface area contributed by atoms with Gasteiger partial charge in [0, 0.05) is 49.1 Å². The van der Waals surface area contributed by atoms with Crippen molar-refractivity contribution in [2.45, 2.75) is 19.4 Å². The van der Waals surface area contributed by atoms with Crippen molar-refractivity contribution in [3.63, 3.8) is 0 Å². The lowest BCUT2D eigenvalue weighted by atomic mass is 9.97. The number of carbonyl (C=O) groups is 1. The monoisotopic (exact) mass is 398 g/mol. The van der Waals surface area contributed by atoms with Crippen molar-refractivity contribution in [3.05, 3.63) is 53.7 Å². The van der Waals surface area contributed by atoms with Crippen LogP contribution in [0.1, 0.15) is 28.8 Å². The van der Waals surface area contributed by atoms with Crippen LogP contribution in [0.25, 0.3) is 10.9 Å². The number of rotatable bonds is 6. The molecule has 152 valence electrons. The highest BCUT2D eigenvalue weighted by Crippen LogP contribution is 2.22. The maximum Gasteiger partial charge on any atom is 0.277 e. The van der Waals surface area contributed by atoms with Crippen molar-refractivity contribution < 1.29 is 14.4 Å². The molecule has 1 fully saturated rings. The smallest absolute Gasteiger partial charge is 0.277 e. The highest BCUT2D eigenvalue weighted by atomic mass is 19.1. The summed E-state index contributed by atoms with van der Waals surface area (Å²) in [5, 5.41) is 13.1. The Bertz CT molecular complexity index is 982. The van der Waals surface area contributed by atoms with Crippen LogP contribution >= 0.6 is 0 Å². The predicted molar refractivity (Wildman–Crippen MR) is 106 cm³/mol. The minimum absolute atomic E-state index is 0.215. The van der Waals surface area contributed by atoms with Gasteiger partial charge in [-0.3, -0.25) is 10.0 Å². The molecule has 3 aromatic rings. The molecule has 1 saturated heterocycles. The molecule has 9 heteroatoms. The van der Waals surface area contributed by atoms with Crippen LogP contribution in [0.5, 0.6) is 0 Å². The molecule has 8 nitrogen and oxygen atoms in total. The molecule has 29 heavy (non-hydrogen) atoms. The van der Waals surface area contributed by atoms with Gasteiger partial charge in [-0.1, -0.05) is 0 Å². The number of halogens is 1. The van der Waals surface area contributed by atoms with Crippen molar-refractivity contribution in [3.8, 4) is 0 Å². The van der Waals surface area contributed by atoms with E-state index in [0.29, 0.717) is 18.4 Å². The topological polar surface area (TPSA) is 106 Å². The molecule has 0 radical (unpaired) electrons. The van der Waals surface area contributed by atoms with Gasteiger partial charge >= 0.3 is 0 Å². The first-order valence-electron chi connectivity index (χ1n) is 9.61. The van der Waals surface area contributed by atoms with Gasteiger partial charge in [-0.05, 0) is 49.1 Å². The van der Waals surface area contributed by atoms with Gasteiger partial charge in [0.15, 0.2) is 0 Å². The summed E-state index contributed by atoms with van der Waals surface area (Å²) in [5.41, 5.74) is 3.79. The third-order valence-corrected chi connectivity index (χ3v) is 5.38. The van der Waals surface area contributed by atoms with Gasteiger partial charge < -0.3 is 15.2 Å².